The number of nitrogens with one attached hydrogen (secondary N) is 12. The number of aromatic hydroxyl groups is 1. The third-order valence-electron chi connectivity index (χ3n) is 24.5. The number of amides is 14. The average Bonchev–Trinajstić information content (AvgIpc) is 1.69. The summed E-state index contributed by atoms with van der Waals surface area (Å²) in [5, 5.41) is 84.9. The van der Waals surface area contributed by atoms with E-state index in [1.54, 1.807) is 67.7 Å². The molecule has 1 aliphatic rings. The molecule has 0 spiro atoms. The third kappa shape index (κ3) is 49.3. The lowest BCUT2D eigenvalue weighted by molar-refractivity contribution is -0.157. The number of nitrogens with two attached hydrogens (primary N) is 1. The van der Waals surface area contributed by atoms with Gasteiger partial charge in [-0.2, -0.15) is 0 Å². The Balaban J connectivity index is 1.27. The van der Waals surface area contributed by atoms with Crippen LogP contribution in [0.3, 0.4) is 0 Å². The Morgan fingerprint density at radius 1 is 0.411 bits per heavy atom. The lowest BCUT2D eigenvalue weighted by Crippen LogP contribution is -2.60. The summed E-state index contributed by atoms with van der Waals surface area (Å²) in [4.78, 5) is 287. The summed E-state index contributed by atoms with van der Waals surface area (Å²) < 4.78 is 11.4. The van der Waals surface area contributed by atoms with Gasteiger partial charge in [-0.15, -0.1) is 11.8 Å². The number of imide groups is 1. The molecule has 2 heterocycles. The van der Waals surface area contributed by atoms with Crippen LogP contribution < -0.4 is 64.2 Å². The molecule has 1 aliphatic heterocycles. The first-order valence-corrected chi connectivity index (χ1v) is 51.7. The van der Waals surface area contributed by atoms with Gasteiger partial charge in [-0.25, -0.2) is 0 Å². The van der Waals surface area contributed by atoms with Crippen LogP contribution in [-0.2, 0) is 129 Å². The summed E-state index contributed by atoms with van der Waals surface area (Å²) in [6, 6.07) is 3.05. The molecular weight excluding hydrogens is 1920 g/mol. The number of aromatic amines is 1. The molecule has 5 rings (SSSR count). The predicted molar refractivity (Wildman–Crippen MR) is 536 cm³/mol. The van der Waals surface area contributed by atoms with Crippen LogP contribution in [0.15, 0.2) is 85.1 Å². The number of nitrogens with zero attached hydrogens (tertiary/aromatic N) is 1. The number of fused-ring (bicyclic) bond motifs is 1. The number of ether oxygens (including phenoxy) is 2. The van der Waals surface area contributed by atoms with Gasteiger partial charge in [0.25, 0.3) is 0 Å². The second kappa shape index (κ2) is 68.7. The zero-order chi connectivity index (χ0) is 107. The van der Waals surface area contributed by atoms with Crippen LogP contribution in [0.25, 0.3) is 10.9 Å². The summed E-state index contributed by atoms with van der Waals surface area (Å²) in [5.41, 5.74) is 7.61. The summed E-state index contributed by atoms with van der Waals surface area (Å²) >= 11 is 0.978. The maximum absolute atomic E-state index is 14.7. The fourth-order valence-electron chi connectivity index (χ4n) is 16.1. The molecule has 146 heavy (non-hydrogen) atoms. The maximum atomic E-state index is 14.7. The lowest BCUT2D eigenvalue weighted by atomic mass is 10.0. The first kappa shape index (κ1) is 123. The molecule has 0 radical (unpaired) electrons. The molecule has 1 saturated heterocycles. The molecule has 1 fully saturated rings. The number of aromatic nitrogens is 1. The van der Waals surface area contributed by atoms with E-state index in [0.717, 1.165) is 81.4 Å². The van der Waals surface area contributed by atoms with E-state index in [2.05, 4.69) is 77.3 Å². The zero-order valence-corrected chi connectivity index (χ0v) is 84.7. The first-order chi connectivity index (χ1) is 69.8. The van der Waals surface area contributed by atoms with Crippen LogP contribution in [-0.4, -0.2) is 262 Å². The molecule has 0 aliphatic carbocycles. The minimum Gasteiger partial charge on any atom is -0.508 e. The van der Waals surface area contributed by atoms with Crippen molar-refractivity contribution in [2.45, 2.75) is 363 Å². The van der Waals surface area contributed by atoms with E-state index in [1.165, 1.54) is 94.9 Å². The molecule has 806 valence electrons. The van der Waals surface area contributed by atoms with E-state index < -0.39 is 280 Å². The van der Waals surface area contributed by atoms with Crippen LogP contribution in [0.4, 0.5) is 0 Å². The number of para-hydroxylation sites is 1. The van der Waals surface area contributed by atoms with E-state index in [-0.39, 0.29) is 63.1 Å². The van der Waals surface area contributed by atoms with Crippen molar-refractivity contribution in [3.8, 4) is 5.75 Å². The van der Waals surface area contributed by atoms with E-state index in [1.807, 2.05) is 0 Å². The highest BCUT2D eigenvalue weighted by Crippen LogP contribution is 2.29. The summed E-state index contributed by atoms with van der Waals surface area (Å²) in [6.45, 7) is 5.42. The Labute approximate surface area is 853 Å². The first-order valence-electron chi connectivity index (χ1n) is 50.6. The zero-order valence-electron chi connectivity index (χ0n) is 83.8. The number of hydrogen-bond acceptors (Lipinski definition) is 25. The molecule has 2 unspecified atom stereocenters. The number of carbonyl (C=O) groups excluding carboxylic acids is 16. The Bertz CT molecular complexity index is 4950. The van der Waals surface area contributed by atoms with Gasteiger partial charge in [0.2, 0.25) is 82.7 Å². The monoisotopic (exact) mass is 2070 g/mol. The second-order valence-corrected chi connectivity index (χ2v) is 37.9. The third-order valence-corrected chi connectivity index (χ3v) is 25.8. The van der Waals surface area contributed by atoms with Crippen molar-refractivity contribution in [2.75, 3.05) is 25.4 Å². The number of esters is 2. The Kier molecular flexibility index (Phi) is 57.8. The molecule has 4 aromatic rings. The SMILES string of the molecule is CCCCCCCCCCCCCC(=O)OCC(CSC1CC(=O)N(CCC(=O)N[C@@H](CCC(=O)O)C(=O)N[C@@H](CCC(=O)O)C(=O)N[C@@H](CCC(=O)O)C(=O)N[C@@H](CCC(=O)O)C(=O)N[C@@H](C)C(=O)N[C@@H](Cc2ccc(O)cc2)C(=O)NCC(=O)N[C@@H](Cc2c[nH]c3ccccc23)C(=O)N[C@@H](CCCC)C(=O)N[C@@H](CC(=O)O)C(=O)N[C@@H](Cc2ccccc2)C(N)=O)C1=O)OC(=O)CCCCCCCCCCCCC. The number of benzene rings is 3. The van der Waals surface area contributed by atoms with E-state index in [9.17, 15) is 131 Å². The van der Waals surface area contributed by atoms with Crippen LogP contribution in [0.2, 0.25) is 0 Å². The minimum absolute atomic E-state index is 0.0636. The van der Waals surface area contributed by atoms with Crippen LogP contribution in [0.1, 0.15) is 288 Å². The normalized spacial score (nSPS) is 14.5. The van der Waals surface area contributed by atoms with Crippen LogP contribution in [0.5, 0.6) is 5.75 Å². The molecule has 43 nitrogen and oxygen atoms in total. The Hall–Kier alpha value is -13.6. The number of hydrogen-bond donors (Lipinski definition) is 19. The number of unbranched alkanes of at least 4 members (excludes halogenated alkanes) is 21. The van der Waals surface area contributed by atoms with Gasteiger partial charge in [0.05, 0.1) is 18.2 Å². The van der Waals surface area contributed by atoms with Crippen molar-refractivity contribution in [3.05, 3.63) is 102 Å². The lowest BCUT2D eigenvalue weighted by Gasteiger charge is -2.27. The minimum atomic E-state index is -2.04. The topological polar surface area (TPSA) is 676 Å². The number of phenols is 1. The molecule has 1 aromatic heterocycles. The molecule has 0 bridgehead atoms. The van der Waals surface area contributed by atoms with Gasteiger partial charge in [0, 0.05) is 100 Å². The highest BCUT2D eigenvalue weighted by atomic mass is 32.2. The molecule has 20 N–H and O–H groups in total. The van der Waals surface area contributed by atoms with E-state index in [4.69, 9.17) is 15.2 Å². The van der Waals surface area contributed by atoms with Crippen LogP contribution >= 0.6 is 11.8 Å². The second-order valence-electron chi connectivity index (χ2n) is 36.6. The number of carboxylic acids is 5. The fourth-order valence-corrected chi connectivity index (χ4v) is 17.3. The van der Waals surface area contributed by atoms with Gasteiger partial charge in [-0.05, 0) is 86.8 Å². The molecule has 3 aromatic carbocycles. The van der Waals surface area contributed by atoms with Crippen molar-refractivity contribution in [1.29, 1.82) is 0 Å². The van der Waals surface area contributed by atoms with Crippen molar-refractivity contribution in [3.63, 3.8) is 0 Å². The number of H-pyrrole nitrogens is 1. The van der Waals surface area contributed by atoms with Gasteiger partial charge in [-0.1, -0.05) is 223 Å². The van der Waals surface area contributed by atoms with Crippen molar-refractivity contribution in [1.82, 2.24) is 68.4 Å². The van der Waals surface area contributed by atoms with Gasteiger partial charge in [0.15, 0.2) is 0 Å². The van der Waals surface area contributed by atoms with Gasteiger partial charge < -0.3 is 109 Å². The van der Waals surface area contributed by atoms with Gasteiger partial charge >= 0.3 is 41.8 Å². The quantitative estimate of drug-likeness (QED) is 0.0126. The highest BCUT2D eigenvalue weighted by Gasteiger charge is 2.42. The number of thioether (sulfide) groups is 1. The maximum Gasteiger partial charge on any atom is 0.306 e. The molecule has 12 atom stereocenters. The Morgan fingerprint density at radius 3 is 1.31 bits per heavy atom. The largest absolute Gasteiger partial charge is 0.508 e. The van der Waals surface area contributed by atoms with Crippen LogP contribution in [0, 0.1) is 0 Å². The number of primary amides is 1. The van der Waals surface area contributed by atoms with E-state index >= 15 is 0 Å². The number of likely N-dealkylation sites (tertiary alicyclic amines) is 1. The molecule has 14 amide bonds. The number of carboxylic acid groups (broad SMARTS) is 5. The van der Waals surface area contributed by atoms with Gasteiger partial charge in [-0.3, -0.25) is 106 Å². The average molecular weight is 2070 g/mol. The number of phenolic OH excluding ortho intramolecular Hbond substituents is 1. The van der Waals surface area contributed by atoms with E-state index in [0.29, 0.717) is 46.9 Å². The van der Waals surface area contributed by atoms with Gasteiger partial charge in [0.1, 0.15) is 78.9 Å². The predicted octanol–water partition coefficient (Wildman–Crippen LogP) is 6.60. The molecule has 0 saturated carbocycles. The summed E-state index contributed by atoms with van der Waals surface area (Å²) in [5.74, 6) is -24.1. The molecular formula is C102H148N14O29S. The summed E-state index contributed by atoms with van der Waals surface area (Å²) in [6.07, 6.45) is 15.6. The highest BCUT2D eigenvalue weighted by molar-refractivity contribution is 8.00. The van der Waals surface area contributed by atoms with Crippen molar-refractivity contribution >= 4 is 147 Å². The van der Waals surface area contributed by atoms with Crippen molar-refractivity contribution in [2.24, 2.45) is 5.73 Å². The van der Waals surface area contributed by atoms with Crippen molar-refractivity contribution < 1.29 is 141 Å². The fraction of sp³-hybridized carbons (Fsp3) is 0.598. The summed E-state index contributed by atoms with van der Waals surface area (Å²) in [7, 11) is 0. The number of carbonyl (C=O) groups is 21. The standard InChI is InChI=1S/C102H148N14O29S/c1-5-8-11-13-15-17-19-21-23-25-30-39-90(131)144-62-69(145-91(132)40-31-26-24-22-20-18-16-14-12-9-6-2)63-146-81-59-84(120)116(102(81)143)54-53-82(118)107-73(45-49-85(121)122)97(138)111-75(47-51-87(125)126)99(140)112-76(48-52-88(127)128)98(139)110-74(46-50-86(123)124)95(136)106-64(4)93(134)114-78(56-66-41-43-68(117)44-42-66)94(135)105-61-83(119)108-79(57-67-60-104-71-38-33-32-36-70(67)71)100(141)109-72(37-10-7-3)96(137)115-80(58-89(129)130)101(142)113-77(92(103)133)55-65-34-28-27-29-35-65/h27-29,32-36,38,41-44,60,64,69,72-81,104,117H,5-26,30-31,37,39-40,45-59,61-63H2,1-4H3,(H2,103,133)(H,105,135)(H,106,136)(H,107,118)(H,108,119)(H,109,141)(H,110,139)(H,111,138)(H,112,140)(H,113,142)(H,114,134)(H,115,137)(H,121,122)(H,123,124)(H,125,126)(H,127,128)(H,129,130)/t64-,69?,72-,73-,74-,75-,76-,77-,78-,79-,80-,81?/m0/s1. The number of aliphatic carboxylic acids is 5. The Morgan fingerprint density at radius 2 is 0.815 bits per heavy atom. The molecule has 44 heteroatoms. The number of rotatable bonds is 78. The smallest absolute Gasteiger partial charge is 0.306 e.